The minimum Gasteiger partial charge on any atom is -0.382 e. The van der Waals surface area contributed by atoms with E-state index in [0.717, 1.165) is 17.9 Å². The Bertz CT molecular complexity index is 347. The summed E-state index contributed by atoms with van der Waals surface area (Å²) in [5.41, 5.74) is 1.02. The first kappa shape index (κ1) is 14.7. The molecule has 0 aliphatic carbocycles. The normalized spacial score (nSPS) is 10.4. The molecule has 18 heavy (non-hydrogen) atoms. The zero-order valence-corrected chi connectivity index (χ0v) is 11.3. The molecule has 1 heterocycles. The molecule has 0 radical (unpaired) electrons. The average Bonchev–Trinajstić information content (AvgIpc) is 2.37. The Morgan fingerprint density at radius 3 is 2.78 bits per heavy atom. The monoisotopic (exact) mass is 254 g/mol. The lowest BCUT2D eigenvalue weighted by Crippen LogP contribution is -2.14. The molecule has 0 saturated carbocycles. The minimum absolute atomic E-state index is 0.615. The highest BCUT2D eigenvalue weighted by atomic mass is 16.5. The summed E-state index contributed by atoms with van der Waals surface area (Å²) in [6, 6.07) is 0. The number of nitrogens with one attached hydrogen (secondary N) is 2. The fourth-order valence-corrected chi connectivity index (χ4v) is 1.35. The minimum atomic E-state index is 0.615. The fraction of sp³-hybridized carbons (Fsp3) is 0.667. The molecule has 0 spiro atoms. The van der Waals surface area contributed by atoms with Crippen LogP contribution in [0.15, 0.2) is 6.20 Å². The molecule has 102 valence electrons. The van der Waals surface area contributed by atoms with Crippen molar-refractivity contribution in [3.63, 3.8) is 0 Å². The first-order chi connectivity index (χ1) is 8.77. The summed E-state index contributed by atoms with van der Waals surface area (Å²) in [6.07, 6.45) is 1.80. The molecular formula is C12H22N4O2. The molecule has 2 N–H and O–H groups in total. The van der Waals surface area contributed by atoms with Crippen molar-refractivity contribution in [2.75, 3.05) is 50.7 Å². The van der Waals surface area contributed by atoms with Crippen LogP contribution in [-0.2, 0) is 9.47 Å². The van der Waals surface area contributed by atoms with Crippen LogP contribution < -0.4 is 10.6 Å². The van der Waals surface area contributed by atoms with Crippen LogP contribution >= 0.6 is 0 Å². The van der Waals surface area contributed by atoms with Crippen LogP contribution in [0.2, 0.25) is 0 Å². The lowest BCUT2D eigenvalue weighted by molar-refractivity contribution is 0.0759. The number of rotatable bonds is 9. The second-order valence-electron chi connectivity index (χ2n) is 3.79. The van der Waals surface area contributed by atoms with E-state index in [2.05, 4.69) is 20.6 Å². The van der Waals surface area contributed by atoms with Crippen molar-refractivity contribution in [3.8, 4) is 0 Å². The lowest BCUT2D eigenvalue weighted by Gasteiger charge is -2.10. The molecule has 0 aromatic carbocycles. The van der Waals surface area contributed by atoms with Gasteiger partial charge in [-0.05, 0) is 13.8 Å². The second kappa shape index (κ2) is 8.66. The summed E-state index contributed by atoms with van der Waals surface area (Å²) in [4.78, 5) is 8.57. The summed E-state index contributed by atoms with van der Waals surface area (Å²) in [6.45, 7) is 7.38. The van der Waals surface area contributed by atoms with Gasteiger partial charge in [-0.1, -0.05) is 0 Å². The molecule has 1 aromatic heterocycles. The van der Waals surface area contributed by atoms with Crippen molar-refractivity contribution in [1.82, 2.24) is 9.97 Å². The molecular weight excluding hydrogens is 232 g/mol. The van der Waals surface area contributed by atoms with Gasteiger partial charge in [0.15, 0.2) is 0 Å². The third kappa shape index (κ3) is 5.29. The number of hydrogen-bond donors (Lipinski definition) is 2. The molecule has 6 heteroatoms. The lowest BCUT2D eigenvalue weighted by atomic mass is 10.3. The number of ether oxygens (including phenoxy) is 2. The van der Waals surface area contributed by atoms with Gasteiger partial charge in [0.2, 0.25) is 5.95 Å². The van der Waals surface area contributed by atoms with Gasteiger partial charge in [0.1, 0.15) is 5.82 Å². The highest BCUT2D eigenvalue weighted by Crippen LogP contribution is 2.11. The molecule has 0 atom stereocenters. The summed E-state index contributed by atoms with van der Waals surface area (Å²) < 4.78 is 10.3. The molecule has 0 fully saturated rings. The Balaban J connectivity index is 2.34. The van der Waals surface area contributed by atoms with Gasteiger partial charge in [-0.15, -0.1) is 0 Å². The van der Waals surface area contributed by atoms with Gasteiger partial charge in [0.05, 0.1) is 19.8 Å². The van der Waals surface area contributed by atoms with E-state index in [-0.39, 0.29) is 0 Å². The Hall–Kier alpha value is -1.40. The molecule has 1 rings (SSSR count). The smallest absolute Gasteiger partial charge is 0.224 e. The Kier molecular flexibility index (Phi) is 7.05. The summed E-state index contributed by atoms with van der Waals surface area (Å²) in [5, 5.41) is 6.32. The summed E-state index contributed by atoms with van der Waals surface area (Å²) >= 11 is 0. The Morgan fingerprint density at radius 2 is 2.06 bits per heavy atom. The van der Waals surface area contributed by atoms with Crippen LogP contribution in [-0.4, -0.2) is 50.0 Å². The fourth-order valence-electron chi connectivity index (χ4n) is 1.35. The van der Waals surface area contributed by atoms with Crippen molar-refractivity contribution in [3.05, 3.63) is 11.8 Å². The van der Waals surface area contributed by atoms with Gasteiger partial charge in [0.25, 0.3) is 0 Å². The van der Waals surface area contributed by atoms with Gasteiger partial charge < -0.3 is 20.1 Å². The van der Waals surface area contributed by atoms with E-state index in [1.807, 2.05) is 13.8 Å². The number of aryl methyl sites for hydroxylation is 1. The molecule has 0 aliphatic heterocycles. The third-order valence-corrected chi connectivity index (χ3v) is 2.28. The SMILES string of the molecule is CCNc1ncc(C)c(NCCOCCOC)n1. The highest BCUT2D eigenvalue weighted by Gasteiger charge is 2.02. The standard InChI is InChI=1S/C12H22N4O2/c1-4-13-12-15-9-10(2)11(16-12)14-5-6-18-8-7-17-3/h9H,4-8H2,1-3H3,(H2,13,14,15,16). The van der Waals surface area contributed by atoms with E-state index in [4.69, 9.17) is 9.47 Å². The predicted octanol–water partition coefficient (Wildman–Crippen LogP) is 1.29. The molecule has 1 aromatic rings. The first-order valence-electron chi connectivity index (χ1n) is 6.16. The molecule has 6 nitrogen and oxygen atoms in total. The van der Waals surface area contributed by atoms with Gasteiger partial charge in [-0.25, -0.2) is 4.98 Å². The highest BCUT2D eigenvalue weighted by molar-refractivity contribution is 5.46. The maximum atomic E-state index is 5.37. The molecule has 0 amide bonds. The molecule has 0 aliphatic rings. The number of anilines is 2. The third-order valence-electron chi connectivity index (χ3n) is 2.28. The zero-order chi connectivity index (χ0) is 13.2. The first-order valence-corrected chi connectivity index (χ1v) is 6.16. The van der Waals surface area contributed by atoms with Crippen molar-refractivity contribution in [2.45, 2.75) is 13.8 Å². The Labute approximate surface area is 108 Å². The van der Waals surface area contributed by atoms with E-state index in [0.29, 0.717) is 32.3 Å². The average molecular weight is 254 g/mol. The van der Waals surface area contributed by atoms with Crippen LogP contribution in [0.1, 0.15) is 12.5 Å². The maximum Gasteiger partial charge on any atom is 0.224 e. The van der Waals surface area contributed by atoms with Gasteiger partial charge >= 0.3 is 0 Å². The number of aromatic nitrogens is 2. The van der Waals surface area contributed by atoms with E-state index in [1.54, 1.807) is 13.3 Å². The molecule has 0 bridgehead atoms. The van der Waals surface area contributed by atoms with Gasteiger partial charge in [-0.2, -0.15) is 4.98 Å². The maximum absolute atomic E-state index is 5.37. The van der Waals surface area contributed by atoms with Crippen LogP contribution in [0, 0.1) is 6.92 Å². The number of hydrogen-bond acceptors (Lipinski definition) is 6. The number of methoxy groups -OCH3 is 1. The van der Waals surface area contributed by atoms with Gasteiger partial charge in [-0.3, -0.25) is 0 Å². The van der Waals surface area contributed by atoms with E-state index in [1.165, 1.54) is 0 Å². The van der Waals surface area contributed by atoms with Crippen LogP contribution in [0.4, 0.5) is 11.8 Å². The van der Waals surface area contributed by atoms with Crippen molar-refractivity contribution >= 4 is 11.8 Å². The van der Waals surface area contributed by atoms with Gasteiger partial charge in [0, 0.05) is 32.0 Å². The van der Waals surface area contributed by atoms with Crippen LogP contribution in [0.3, 0.4) is 0 Å². The van der Waals surface area contributed by atoms with Crippen molar-refractivity contribution < 1.29 is 9.47 Å². The number of nitrogens with zero attached hydrogens (tertiary/aromatic N) is 2. The second-order valence-corrected chi connectivity index (χ2v) is 3.79. The molecule has 0 unspecified atom stereocenters. The van der Waals surface area contributed by atoms with E-state index in [9.17, 15) is 0 Å². The van der Waals surface area contributed by atoms with Crippen LogP contribution in [0.25, 0.3) is 0 Å². The largest absolute Gasteiger partial charge is 0.382 e. The van der Waals surface area contributed by atoms with Crippen molar-refractivity contribution in [1.29, 1.82) is 0 Å². The predicted molar refractivity (Wildman–Crippen MR) is 72.1 cm³/mol. The quantitative estimate of drug-likeness (QED) is 0.647. The Morgan fingerprint density at radius 1 is 1.22 bits per heavy atom. The van der Waals surface area contributed by atoms with E-state index >= 15 is 0 Å². The summed E-state index contributed by atoms with van der Waals surface area (Å²) in [7, 11) is 1.66. The zero-order valence-electron chi connectivity index (χ0n) is 11.3. The molecule has 0 saturated heterocycles. The van der Waals surface area contributed by atoms with E-state index < -0.39 is 0 Å². The van der Waals surface area contributed by atoms with Crippen molar-refractivity contribution in [2.24, 2.45) is 0 Å². The van der Waals surface area contributed by atoms with Crippen LogP contribution in [0.5, 0.6) is 0 Å². The summed E-state index contributed by atoms with van der Waals surface area (Å²) in [5.74, 6) is 1.49. The topological polar surface area (TPSA) is 68.3 Å².